The Hall–Kier alpha value is -3.23. The second-order valence-electron chi connectivity index (χ2n) is 5.74. The van der Waals surface area contributed by atoms with Crippen LogP contribution in [0.1, 0.15) is 16.8 Å². The zero-order valence-electron chi connectivity index (χ0n) is 14.1. The summed E-state index contributed by atoms with van der Waals surface area (Å²) in [5.74, 6) is -0.158. The number of nitrogens with zero attached hydrogens (tertiary/aromatic N) is 1. The Labute approximate surface area is 153 Å². The van der Waals surface area contributed by atoms with E-state index in [9.17, 15) is 18.0 Å². The second-order valence-corrected chi connectivity index (χ2v) is 5.74. The third kappa shape index (κ3) is 5.63. The van der Waals surface area contributed by atoms with Gasteiger partial charge >= 0.3 is 6.36 Å². The number of carbonyl (C=O) groups excluding carboxylic acids is 1. The van der Waals surface area contributed by atoms with E-state index in [1.54, 1.807) is 30.3 Å². The highest BCUT2D eigenvalue weighted by Gasteiger charge is 2.31. The van der Waals surface area contributed by atoms with Crippen LogP contribution in [0.25, 0.3) is 0 Å². The van der Waals surface area contributed by atoms with E-state index in [1.807, 2.05) is 0 Å². The summed E-state index contributed by atoms with van der Waals surface area (Å²) in [6, 6.07) is 12.0. The van der Waals surface area contributed by atoms with Crippen molar-refractivity contribution >= 4 is 23.2 Å². The molecule has 3 rings (SSSR count). The first-order chi connectivity index (χ1) is 12.9. The van der Waals surface area contributed by atoms with Gasteiger partial charge in [0.1, 0.15) is 5.75 Å². The normalized spacial score (nSPS) is 14.0. The number of hydrogen-bond donors (Lipinski definition) is 3. The molecule has 27 heavy (non-hydrogen) atoms. The van der Waals surface area contributed by atoms with Gasteiger partial charge < -0.3 is 15.4 Å². The fourth-order valence-corrected chi connectivity index (χ4v) is 2.44. The van der Waals surface area contributed by atoms with Crippen LogP contribution in [0.5, 0.6) is 5.75 Å². The van der Waals surface area contributed by atoms with Crippen LogP contribution >= 0.6 is 0 Å². The molecule has 0 fully saturated rings. The van der Waals surface area contributed by atoms with Crippen LogP contribution in [-0.2, 0) is 0 Å². The molecule has 1 amide bonds. The predicted molar refractivity (Wildman–Crippen MR) is 95.2 cm³/mol. The first-order valence-electron chi connectivity index (χ1n) is 8.22. The molecule has 2 aromatic carbocycles. The van der Waals surface area contributed by atoms with Crippen molar-refractivity contribution in [2.24, 2.45) is 4.99 Å². The van der Waals surface area contributed by atoms with Crippen molar-refractivity contribution < 1.29 is 22.7 Å². The standard InChI is InChI=1S/C18H17F3N4O2/c19-18(20,21)27-15-4-1-3-14(11-15)24-13-7-5-12(6-8-13)16(26)25-17-22-9-2-10-23-17/h1,3-8,11,24H,2,9-10H2,(H2,22,23,25,26). The van der Waals surface area contributed by atoms with Gasteiger partial charge in [0, 0.05) is 36.1 Å². The minimum absolute atomic E-state index is 0.296. The van der Waals surface area contributed by atoms with E-state index in [0.717, 1.165) is 13.0 Å². The van der Waals surface area contributed by atoms with Crippen LogP contribution in [0.3, 0.4) is 0 Å². The molecule has 2 aromatic rings. The smallest absolute Gasteiger partial charge is 0.406 e. The van der Waals surface area contributed by atoms with Gasteiger partial charge in [-0.25, -0.2) is 0 Å². The molecule has 3 N–H and O–H groups in total. The van der Waals surface area contributed by atoms with E-state index in [2.05, 4.69) is 25.7 Å². The number of carbonyl (C=O) groups is 1. The van der Waals surface area contributed by atoms with Crippen molar-refractivity contribution in [1.82, 2.24) is 10.6 Å². The average Bonchev–Trinajstić information content (AvgIpc) is 2.62. The zero-order chi connectivity index (χ0) is 19.3. The number of hydrogen-bond acceptors (Lipinski definition) is 5. The minimum Gasteiger partial charge on any atom is -0.406 e. The van der Waals surface area contributed by atoms with Crippen molar-refractivity contribution in [2.45, 2.75) is 12.8 Å². The summed E-state index contributed by atoms with van der Waals surface area (Å²) in [4.78, 5) is 16.4. The fourth-order valence-electron chi connectivity index (χ4n) is 2.44. The van der Waals surface area contributed by atoms with E-state index < -0.39 is 6.36 Å². The van der Waals surface area contributed by atoms with Gasteiger partial charge in [-0.1, -0.05) is 6.07 Å². The molecule has 0 saturated heterocycles. The highest BCUT2D eigenvalue weighted by molar-refractivity contribution is 6.05. The van der Waals surface area contributed by atoms with E-state index >= 15 is 0 Å². The lowest BCUT2D eigenvalue weighted by molar-refractivity contribution is -0.274. The lowest BCUT2D eigenvalue weighted by atomic mass is 10.2. The summed E-state index contributed by atoms with van der Waals surface area (Å²) < 4.78 is 40.8. The minimum atomic E-state index is -4.74. The highest BCUT2D eigenvalue weighted by atomic mass is 19.4. The van der Waals surface area contributed by atoms with Gasteiger partial charge in [-0.05, 0) is 42.8 Å². The number of alkyl halides is 3. The average molecular weight is 378 g/mol. The van der Waals surface area contributed by atoms with Gasteiger partial charge in [0.15, 0.2) is 5.96 Å². The summed E-state index contributed by atoms with van der Waals surface area (Å²) in [6.45, 7) is 1.43. The Morgan fingerprint density at radius 2 is 1.89 bits per heavy atom. The molecule has 0 aliphatic carbocycles. The van der Waals surface area contributed by atoms with Crippen LogP contribution < -0.4 is 20.7 Å². The number of aliphatic imine (C=N–C) groups is 1. The largest absolute Gasteiger partial charge is 0.573 e. The second kappa shape index (κ2) is 7.98. The molecule has 0 spiro atoms. The number of halogens is 3. The lowest BCUT2D eigenvalue weighted by Crippen LogP contribution is -2.43. The number of guanidine groups is 1. The van der Waals surface area contributed by atoms with Crippen LogP contribution in [0.15, 0.2) is 53.5 Å². The number of ether oxygens (including phenoxy) is 1. The van der Waals surface area contributed by atoms with Crippen LogP contribution in [0, 0.1) is 0 Å². The van der Waals surface area contributed by atoms with Gasteiger partial charge in [0.25, 0.3) is 5.91 Å². The summed E-state index contributed by atoms with van der Waals surface area (Å²) in [7, 11) is 0. The molecule has 1 heterocycles. The van der Waals surface area contributed by atoms with E-state index in [1.165, 1.54) is 18.2 Å². The fraction of sp³-hybridized carbons (Fsp3) is 0.222. The summed E-state index contributed by atoms with van der Waals surface area (Å²) in [5, 5.41) is 8.65. The predicted octanol–water partition coefficient (Wildman–Crippen LogP) is 3.41. The molecular formula is C18H17F3N4O2. The molecule has 142 valence electrons. The Morgan fingerprint density at radius 1 is 1.11 bits per heavy atom. The van der Waals surface area contributed by atoms with Gasteiger partial charge in [0.05, 0.1) is 0 Å². The van der Waals surface area contributed by atoms with Crippen LogP contribution in [0.4, 0.5) is 24.5 Å². The van der Waals surface area contributed by atoms with E-state index in [4.69, 9.17) is 0 Å². The topological polar surface area (TPSA) is 74.8 Å². The molecule has 1 aliphatic heterocycles. The number of anilines is 2. The molecule has 0 radical (unpaired) electrons. The Morgan fingerprint density at radius 3 is 2.56 bits per heavy atom. The zero-order valence-corrected chi connectivity index (χ0v) is 14.1. The summed E-state index contributed by atoms with van der Waals surface area (Å²) >= 11 is 0. The maximum absolute atomic E-state index is 12.3. The maximum Gasteiger partial charge on any atom is 0.573 e. The number of rotatable bonds is 4. The molecule has 9 heteroatoms. The Kier molecular flexibility index (Phi) is 5.49. The monoisotopic (exact) mass is 378 g/mol. The van der Waals surface area contributed by atoms with Crippen molar-refractivity contribution in [1.29, 1.82) is 0 Å². The van der Waals surface area contributed by atoms with Gasteiger partial charge in [-0.3, -0.25) is 15.1 Å². The third-order valence-electron chi connectivity index (χ3n) is 3.63. The Balaban J connectivity index is 1.63. The molecule has 0 aromatic heterocycles. The van der Waals surface area contributed by atoms with Crippen molar-refractivity contribution in [3.8, 4) is 5.75 Å². The molecule has 0 saturated carbocycles. The Bertz CT molecular complexity index is 835. The number of amides is 1. The SMILES string of the molecule is O=C(NC1=NCCCN1)c1ccc(Nc2cccc(OC(F)(F)F)c2)cc1. The van der Waals surface area contributed by atoms with Gasteiger partial charge in [0.2, 0.25) is 0 Å². The maximum atomic E-state index is 12.3. The third-order valence-corrected chi connectivity index (χ3v) is 3.63. The highest BCUT2D eigenvalue weighted by Crippen LogP contribution is 2.26. The summed E-state index contributed by atoms with van der Waals surface area (Å²) in [6.07, 6.45) is -3.82. The molecule has 1 aliphatic rings. The lowest BCUT2D eigenvalue weighted by Gasteiger charge is -2.15. The first-order valence-corrected chi connectivity index (χ1v) is 8.22. The molecule has 6 nitrogen and oxygen atoms in total. The molecule has 0 unspecified atom stereocenters. The van der Waals surface area contributed by atoms with E-state index in [-0.39, 0.29) is 11.7 Å². The number of benzene rings is 2. The van der Waals surface area contributed by atoms with Crippen molar-refractivity contribution in [3.05, 3.63) is 54.1 Å². The quantitative estimate of drug-likeness (QED) is 0.762. The van der Waals surface area contributed by atoms with E-state index in [0.29, 0.717) is 29.4 Å². The van der Waals surface area contributed by atoms with Crippen molar-refractivity contribution in [3.63, 3.8) is 0 Å². The molecular weight excluding hydrogens is 361 g/mol. The number of nitrogens with one attached hydrogen (secondary N) is 3. The van der Waals surface area contributed by atoms with Crippen molar-refractivity contribution in [2.75, 3.05) is 18.4 Å². The van der Waals surface area contributed by atoms with Crippen LogP contribution in [-0.4, -0.2) is 31.3 Å². The van der Waals surface area contributed by atoms with Crippen LogP contribution in [0.2, 0.25) is 0 Å². The van der Waals surface area contributed by atoms with Gasteiger partial charge in [-0.2, -0.15) is 0 Å². The van der Waals surface area contributed by atoms with Gasteiger partial charge in [-0.15, -0.1) is 13.2 Å². The first kappa shape index (κ1) is 18.6. The summed E-state index contributed by atoms with van der Waals surface area (Å²) in [5.41, 5.74) is 1.48. The molecule has 0 bridgehead atoms. The molecule has 0 atom stereocenters.